The van der Waals surface area contributed by atoms with Gasteiger partial charge in [0, 0.05) is 31.0 Å². The number of Topliss-reactive ketones (excluding diaryl/α,β-unsaturated/α-hetero) is 1. The van der Waals surface area contributed by atoms with Crippen LogP contribution in [-0.4, -0.2) is 51.0 Å². The lowest BCUT2D eigenvalue weighted by Gasteiger charge is -2.26. The van der Waals surface area contributed by atoms with Gasteiger partial charge in [-0.15, -0.1) is 0 Å². The Kier molecular flexibility index (Phi) is 8.78. The van der Waals surface area contributed by atoms with Crippen molar-refractivity contribution in [3.8, 4) is 11.5 Å². The van der Waals surface area contributed by atoms with Crippen LogP contribution in [0.25, 0.3) is 5.76 Å². The molecule has 200 valence electrons. The van der Waals surface area contributed by atoms with E-state index < -0.39 is 23.5 Å². The second-order valence-corrected chi connectivity index (χ2v) is 8.99. The largest absolute Gasteiger partial charge is 0.507 e. The number of ketones is 1. The Labute approximate surface area is 221 Å². The third kappa shape index (κ3) is 5.88. The molecule has 2 aromatic carbocycles. The third-order valence-electron chi connectivity index (χ3n) is 6.37. The summed E-state index contributed by atoms with van der Waals surface area (Å²) in [6, 6.07) is 9.59. The van der Waals surface area contributed by atoms with E-state index in [1.807, 2.05) is 17.7 Å². The second kappa shape index (κ2) is 12.4. The van der Waals surface area contributed by atoms with Gasteiger partial charge < -0.3 is 24.0 Å². The molecule has 0 saturated carbocycles. The Bertz CT molecular complexity index is 1290. The molecule has 1 aliphatic heterocycles. The molecule has 0 bridgehead atoms. The number of imidazole rings is 1. The van der Waals surface area contributed by atoms with E-state index >= 15 is 0 Å². The minimum absolute atomic E-state index is 0.0497. The summed E-state index contributed by atoms with van der Waals surface area (Å²) in [6.07, 6.45) is 7.63. The van der Waals surface area contributed by atoms with Gasteiger partial charge in [0.2, 0.25) is 0 Å². The number of hydrogen-bond acceptors (Lipinski definition) is 6. The highest BCUT2D eigenvalue weighted by atomic mass is 19.1. The summed E-state index contributed by atoms with van der Waals surface area (Å²) in [5.41, 5.74) is 0.797. The maximum absolute atomic E-state index is 13.5. The Morgan fingerprint density at radius 3 is 2.50 bits per heavy atom. The van der Waals surface area contributed by atoms with Crippen LogP contribution < -0.4 is 9.47 Å². The number of aliphatic hydroxyl groups excluding tert-OH is 1. The molecule has 2 heterocycles. The second-order valence-electron chi connectivity index (χ2n) is 8.99. The highest BCUT2D eigenvalue weighted by Crippen LogP contribution is 2.42. The maximum atomic E-state index is 13.5. The summed E-state index contributed by atoms with van der Waals surface area (Å²) in [4.78, 5) is 32.0. The number of carbonyl (C=O) groups excluding carboxylic acids is 2. The van der Waals surface area contributed by atoms with E-state index in [-0.39, 0.29) is 23.4 Å². The summed E-state index contributed by atoms with van der Waals surface area (Å²) in [6.45, 7) is 5.74. The Balaban J connectivity index is 1.75. The van der Waals surface area contributed by atoms with Gasteiger partial charge in [-0.05, 0) is 61.7 Å². The molecule has 4 rings (SSSR count). The van der Waals surface area contributed by atoms with E-state index in [0.29, 0.717) is 43.2 Å². The fourth-order valence-electron chi connectivity index (χ4n) is 4.47. The molecule has 1 unspecified atom stereocenters. The number of amides is 1. The van der Waals surface area contributed by atoms with Crippen molar-refractivity contribution in [1.29, 1.82) is 0 Å². The van der Waals surface area contributed by atoms with Crippen molar-refractivity contribution >= 4 is 17.4 Å². The quantitative estimate of drug-likeness (QED) is 0.154. The number of rotatable bonds is 12. The number of aromatic nitrogens is 2. The molecule has 1 fully saturated rings. The number of unbranched alkanes of at least 4 members (excludes halogenated alkanes) is 1. The number of halogens is 1. The van der Waals surface area contributed by atoms with Crippen molar-refractivity contribution in [1.82, 2.24) is 14.5 Å². The van der Waals surface area contributed by atoms with Gasteiger partial charge in [0.05, 0.1) is 31.2 Å². The van der Waals surface area contributed by atoms with Crippen molar-refractivity contribution in [2.24, 2.45) is 0 Å². The normalized spacial score (nSPS) is 16.7. The van der Waals surface area contributed by atoms with Crippen LogP contribution in [0.5, 0.6) is 11.5 Å². The number of carbonyl (C=O) groups is 2. The van der Waals surface area contributed by atoms with Crippen molar-refractivity contribution in [2.45, 2.75) is 45.7 Å². The zero-order valence-corrected chi connectivity index (χ0v) is 21.6. The standard InChI is InChI=1S/C29H32FN3O5/c1-3-5-17-38-23-12-9-21(18-24(23)37-4-2)26-25(27(34)20-7-10-22(30)11-8-20)28(35)29(36)33(26)15-6-14-32-16-13-31-19-32/h7-13,16,18-19,26,34H,3-6,14-15,17H2,1-2H3. The number of nitrogens with zero attached hydrogens (tertiary/aromatic N) is 3. The predicted molar refractivity (Wildman–Crippen MR) is 140 cm³/mol. The SMILES string of the molecule is CCCCOc1ccc(C2C(=C(O)c3ccc(F)cc3)C(=O)C(=O)N2CCCn2ccnc2)cc1OCC. The van der Waals surface area contributed by atoms with Gasteiger partial charge in [-0.3, -0.25) is 9.59 Å². The van der Waals surface area contributed by atoms with Crippen LogP contribution in [0.3, 0.4) is 0 Å². The lowest BCUT2D eigenvalue weighted by Crippen LogP contribution is -2.31. The number of hydrogen-bond donors (Lipinski definition) is 1. The van der Waals surface area contributed by atoms with Gasteiger partial charge in [-0.1, -0.05) is 19.4 Å². The number of likely N-dealkylation sites (tertiary alicyclic amines) is 1. The van der Waals surface area contributed by atoms with E-state index in [0.717, 1.165) is 12.8 Å². The average Bonchev–Trinajstić information content (AvgIpc) is 3.52. The van der Waals surface area contributed by atoms with Crippen LogP contribution in [0.1, 0.15) is 50.3 Å². The molecule has 9 heteroatoms. The molecule has 1 saturated heterocycles. The monoisotopic (exact) mass is 521 g/mol. The number of ether oxygens (including phenoxy) is 2. The van der Waals surface area contributed by atoms with E-state index in [9.17, 15) is 19.1 Å². The molecular formula is C29H32FN3O5. The first-order valence-electron chi connectivity index (χ1n) is 12.8. The van der Waals surface area contributed by atoms with Crippen LogP contribution in [0.15, 0.2) is 66.8 Å². The molecular weight excluding hydrogens is 489 g/mol. The van der Waals surface area contributed by atoms with Gasteiger partial charge in [0.15, 0.2) is 11.5 Å². The van der Waals surface area contributed by atoms with Crippen LogP contribution in [-0.2, 0) is 16.1 Å². The molecule has 1 amide bonds. The topological polar surface area (TPSA) is 93.9 Å². The molecule has 0 radical (unpaired) electrons. The summed E-state index contributed by atoms with van der Waals surface area (Å²) < 4.78 is 27.2. The van der Waals surface area contributed by atoms with Crippen LogP contribution >= 0.6 is 0 Å². The fraction of sp³-hybridized carbons (Fsp3) is 0.345. The minimum atomic E-state index is -0.855. The summed E-state index contributed by atoms with van der Waals surface area (Å²) in [5, 5.41) is 11.2. The molecule has 3 aromatic rings. The number of aryl methyl sites for hydroxylation is 1. The first kappa shape index (κ1) is 26.9. The van der Waals surface area contributed by atoms with Crippen molar-refractivity contribution in [3.05, 3.63) is 83.7 Å². The zero-order valence-electron chi connectivity index (χ0n) is 21.6. The fourth-order valence-corrected chi connectivity index (χ4v) is 4.47. The minimum Gasteiger partial charge on any atom is -0.507 e. The molecule has 1 atom stereocenters. The van der Waals surface area contributed by atoms with E-state index in [1.54, 1.807) is 30.7 Å². The third-order valence-corrected chi connectivity index (χ3v) is 6.37. The Morgan fingerprint density at radius 2 is 1.82 bits per heavy atom. The molecule has 0 spiro atoms. The van der Waals surface area contributed by atoms with E-state index in [1.165, 1.54) is 29.2 Å². The van der Waals surface area contributed by atoms with Crippen LogP contribution in [0, 0.1) is 5.82 Å². The highest BCUT2D eigenvalue weighted by Gasteiger charge is 2.46. The Morgan fingerprint density at radius 1 is 1.03 bits per heavy atom. The van der Waals surface area contributed by atoms with Crippen molar-refractivity contribution in [2.75, 3.05) is 19.8 Å². The highest BCUT2D eigenvalue weighted by molar-refractivity contribution is 6.46. The van der Waals surface area contributed by atoms with E-state index in [4.69, 9.17) is 9.47 Å². The molecule has 8 nitrogen and oxygen atoms in total. The van der Waals surface area contributed by atoms with Gasteiger partial charge in [0.1, 0.15) is 11.6 Å². The number of aliphatic hydroxyl groups is 1. The summed E-state index contributed by atoms with van der Waals surface area (Å²) in [7, 11) is 0. The van der Waals surface area contributed by atoms with Gasteiger partial charge >= 0.3 is 0 Å². The van der Waals surface area contributed by atoms with Crippen LogP contribution in [0.2, 0.25) is 0 Å². The lowest BCUT2D eigenvalue weighted by atomic mass is 9.95. The van der Waals surface area contributed by atoms with Gasteiger partial charge in [-0.2, -0.15) is 0 Å². The average molecular weight is 522 g/mol. The lowest BCUT2D eigenvalue weighted by molar-refractivity contribution is -0.139. The van der Waals surface area contributed by atoms with Gasteiger partial charge in [0.25, 0.3) is 11.7 Å². The summed E-state index contributed by atoms with van der Waals surface area (Å²) in [5.74, 6) is -1.26. The van der Waals surface area contributed by atoms with Crippen molar-refractivity contribution in [3.63, 3.8) is 0 Å². The molecule has 0 aliphatic carbocycles. The summed E-state index contributed by atoms with van der Waals surface area (Å²) >= 11 is 0. The van der Waals surface area contributed by atoms with Crippen LogP contribution in [0.4, 0.5) is 4.39 Å². The molecule has 1 N–H and O–H groups in total. The first-order chi connectivity index (χ1) is 18.4. The zero-order chi connectivity index (χ0) is 27.1. The van der Waals surface area contributed by atoms with E-state index in [2.05, 4.69) is 11.9 Å². The predicted octanol–water partition coefficient (Wildman–Crippen LogP) is 5.11. The molecule has 1 aliphatic rings. The number of benzene rings is 2. The first-order valence-corrected chi connectivity index (χ1v) is 12.8. The van der Waals surface area contributed by atoms with Gasteiger partial charge in [-0.25, -0.2) is 9.37 Å². The molecule has 38 heavy (non-hydrogen) atoms. The smallest absolute Gasteiger partial charge is 0.295 e. The maximum Gasteiger partial charge on any atom is 0.295 e. The Hall–Kier alpha value is -4.14. The molecule has 1 aromatic heterocycles. The van der Waals surface area contributed by atoms with Crippen molar-refractivity contribution < 1.29 is 28.6 Å².